The lowest BCUT2D eigenvalue weighted by atomic mass is 9.99. The highest BCUT2D eigenvalue weighted by Gasteiger charge is 2.46. The zero-order chi connectivity index (χ0) is 29.8. The fourth-order valence-electron chi connectivity index (χ4n) is 4.19. The first-order valence-electron chi connectivity index (χ1n) is 12.7. The Bertz CT molecular complexity index is 1260. The van der Waals surface area contributed by atoms with Gasteiger partial charge < -0.3 is 58.7 Å². The summed E-state index contributed by atoms with van der Waals surface area (Å²) in [6.45, 7) is 2.48. The highest BCUT2D eigenvalue weighted by Crippen LogP contribution is 2.26. The van der Waals surface area contributed by atoms with E-state index < -0.39 is 79.4 Å². The van der Waals surface area contributed by atoms with Crippen LogP contribution in [0.3, 0.4) is 0 Å². The Morgan fingerprint density at radius 2 is 1.49 bits per heavy atom. The smallest absolute Gasteiger partial charge is 0.330 e. The molecule has 1 aromatic heterocycles. The molecule has 2 saturated heterocycles. The van der Waals surface area contributed by atoms with Crippen molar-refractivity contribution >= 4 is 12.0 Å². The zero-order valence-electron chi connectivity index (χ0n) is 22.0. The number of rotatable bonds is 8. The standard InChI is InChI=1S/C27H32O14/c1-12-19(30)21(32)23(34)26(38-12)39-15-6-3-14(4-7-15)5-8-18(29)37-11-17-20(31)22(33)24(35)27(40-17)41-25-13(2)36-10-9-16(25)28/h3-10,12,17,19-24,26-27,30-35H,11H2,1-2H3/b8-5+/t12-,17+,19-,20+,21+,22-,23+,24+,26-,27-/m0/s1. The first kappa shape index (κ1) is 30.6. The van der Waals surface area contributed by atoms with Crippen LogP contribution in [0.1, 0.15) is 18.2 Å². The quantitative estimate of drug-likeness (QED) is 0.156. The molecule has 0 unspecified atom stereocenters. The topological polar surface area (TPSA) is 215 Å². The second-order valence-corrected chi connectivity index (χ2v) is 9.63. The molecule has 41 heavy (non-hydrogen) atoms. The summed E-state index contributed by atoms with van der Waals surface area (Å²) < 4.78 is 32.1. The Morgan fingerprint density at radius 1 is 0.854 bits per heavy atom. The van der Waals surface area contributed by atoms with Gasteiger partial charge in [-0.3, -0.25) is 4.79 Å². The largest absolute Gasteiger partial charge is 0.465 e. The van der Waals surface area contributed by atoms with Crippen LogP contribution in [-0.4, -0.2) is 105 Å². The van der Waals surface area contributed by atoms with Gasteiger partial charge in [-0.15, -0.1) is 0 Å². The maximum Gasteiger partial charge on any atom is 0.330 e. The van der Waals surface area contributed by atoms with Crippen LogP contribution in [0.15, 0.2) is 51.9 Å². The number of esters is 1. The van der Waals surface area contributed by atoms with Gasteiger partial charge in [-0.1, -0.05) is 12.1 Å². The summed E-state index contributed by atoms with van der Waals surface area (Å²) in [5, 5.41) is 60.5. The molecule has 0 radical (unpaired) electrons. The average Bonchev–Trinajstić information content (AvgIpc) is 2.95. The number of benzene rings is 1. The summed E-state index contributed by atoms with van der Waals surface area (Å²) in [7, 11) is 0. The molecule has 0 bridgehead atoms. The minimum absolute atomic E-state index is 0.106. The maximum atomic E-state index is 12.3. The predicted molar refractivity (Wildman–Crippen MR) is 136 cm³/mol. The third kappa shape index (κ3) is 7.12. The Kier molecular flexibility index (Phi) is 9.78. The van der Waals surface area contributed by atoms with Crippen molar-refractivity contribution in [2.75, 3.05) is 6.61 Å². The van der Waals surface area contributed by atoms with Crippen LogP contribution < -0.4 is 14.9 Å². The van der Waals surface area contributed by atoms with Crippen LogP contribution in [0.25, 0.3) is 6.08 Å². The van der Waals surface area contributed by atoms with Gasteiger partial charge in [-0.05, 0) is 37.6 Å². The van der Waals surface area contributed by atoms with E-state index in [0.717, 1.165) is 18.4 Å². The monoisotopic (exact) mass is 580 g/mol. The second kappa shape index (κ2) is 13.1. The molecule has 0 aliphatic carbocycles. The van der Waals surface area contributed by atoms with Crippen LogP contribution >= 0.6 is 0 Å². The normalized spacial score (nSPS) is 33.9. The number of hydrogen-bond donors (Lipinski definition) is 6. The molecule has 2 fully saturated rings. The van der Waals surface area contributed by atoms with Crippen LogP contribution in [0.4, 0.5) is 0 Å². The molecule has 10 atom stereocenters. The third-order valence-electron chi connectivity index (χ3n) is 6.65. The van der Waals surface area contributed by atoms with Gasteiger partial charge in [-0.25, -0.2) is 4.79 Å². The molecule has 14 heteroatoms. The number of aliphatic hydroxyl groups excluding tert-OH is 6. The second-order valence-electron chi connectivity index (χ2n) is 9.63. The molecule has 2 aromatic rings. The van der Waals surface area contributed by atoms with E-state index >= 15 is 0 Å². The fourth-order valence-corrected chi connectivity index (χ4v) is 4.19. The molecule has 0 amide bonds. The maximum absolute atomic E-state index is 12.3. The summed E-state index contributed by atoms with van der Waals surface area (Å²) >= 11 is 0. The average molecular weight is 581 g/mol. The van der Waals surface area contributed by atoms with Gasteiger partial charge in [0, 0.05) is 12.1 Å². The van der Waals surface area contributed by atoms with Crippen LogP contribution in [0.5, 0.6) is 11.5 Å². The lowest BCUT2D eigenvalue weighted by Gasteiger charge is -2.39. The van der Waals surface area contributed by atoms with Crippen molar-refractivity contribution < 1.29 is 63.5 Å². The highest BCUT2D eigenvalue weighted by atomic mass is 16.7. The summed E-state index contributed by atoms with van der Waals surface area (Å²) in [6, 6.07) is 7.37. The molecule has 2 aliphatic rings. The van der Waals surface area contributed by atoms with Crippen molar-refractivity contribution in [1.29, 1.82) is 0 Å². The number of hydrogen-bond acceptors (Lipinski definition) is 14. The zero-order valence-corrected chi connectivity index (χ0v) is 22.0. The van der Waals surface area contributed by atoms with Gasteiger partial charge in [0.15, 0.2) is 0 Å². The molecular weight excluding hydrogens is 548 g/mol. The van der Waals surface area contributed by atoms with E-state index in [2.05, 4.69) is 0 Å². The van der Waals surface area contributed by atoms with E-state index in [0.29, 0.717) is 11.3 Å². The van der Waals surface area contributed by atoms with Crippen molar-refractivity contribution in [3.63, 3.8) is 0 Å². The van der Waals surface area contributed by atoms with Crippen molar-refractivity contribution in [3.05, 3.63) is 64.2 Å². The lowest BCUT2D eigenvalue weighted by molar-refractivity contribution is -0.278. The molecule has 6 N–H and O–H groups in total. The van der Waals surface area contributed by atoms with Gasteiger partial charge in [0.1, 0.15) is 60.8 Å². The van der Waals surface area contributed by atoms with Crippen LogP contribution in [0.2, 0.25) is 0 Å². The third-order valence-corrected chi connectivity index (χ3v) is 6.65. The van der Waals surface area contributed by atoms with Gasteiger partial charge in [0.05, 0.1) is 12.4 Å². The Balaban J connectivity index is 1.30. The number of ether oxygens (including phenoxy) is 5. The van der Waals surface area contributed by atoms with E-state index in [1.165, 1.54) is 32.1 Å². The molecule has 3 heterocycles. The van der Waals surface area contributed by atoms with Crippen molar-refractivity contribution in [3.8, 4) is 11.5 Å². The van der Waals surface area contributed by atoms with Crippen LogP contribution in [-0.2, 0) is 19.0 Å². The summed E-state index contributed by atoms with van der Waals surface area (Å²) in [6.07, 6.45) is -10.3. The Labute approximate surface area is 233 Å². The fraction of sp³-hybridized carbons (Fsp3) is 0.481. The first-order chi connectivity index (χ1) is 19.5. The highest BCUT2D eigenvalue weighted by molar-refractivity contribution is 5.87. The lowest BCUT2D eigenvalue weighted by Crippen LogP contribution is -2.60. The Morgan fingerprint density at radius 3 is 2.15 bits per heavy atom. The summed E-state index contributed by atoms with van der Waals surface area (Å²) in [4.78, 5) is 24.3. The predicted octanol–water partition coefficient (Wildman–Crippen LogP) is -1.40. The number of aryl methyl sites for hydroxylation is 1. The van der Waals surface area contributed by atoms with E-state index in [1.807, 2.05) is 0 Å². The number of aliphatic hydroxyl groups is 6. The summed E-state index contributed by atoms with van der Waals surface area (Å²) in [5.74, 6) is -0.647. The SMILES string of the molecule is Cc1occc(=O)c1O[C@@H]1O[C@H](COC(=O)/C=C/c2ccc(O[C@@H]3O[C@@H](C)[C@H](O)[C@@H](O)[C@H]3O)cc2)[C@@H](O)[C@H](O)[C@H]1O. The van der Waals surface area contributed by atoms with Gasteiger partial charge >= 0.3 is 5.97 Å². The molecule has 0 spiro atoms. The first-order valence-corrected chi connectivity index (χ1v) is 12.7. The number of carbonyl (C=O) groups excluding carboxylic acids is 1. The van der Waals surface area contributed by atoms with Crippen molar-refractivity contribution in [1.82, 2.24) is 0 Å². The van der Waals surface area contributed by atoms with E-state index in [4.69, 9.17) is 28.1 Å². The molecule has 4 rings (SSSR count). The molecule has 0 saturated carbocycles. The van der Waals surface area contributed by atoms with Crippen LogP contribution in [0, 0.1) is 6.92 Å². The molecule has 1 aromatic carbocycles. The minimum atomic E-state index is -1.72. The van der Waals surface area contributed by atoms with Gasteiger partial charge in [-0.2, -0.15) is 0 Å². The van der Waals surface area contributed by atoms with Crippen molar-refractivity contribution in [2.45, 2.75) is 75.3 Å². The van der Waals surface area contributed by atoms with E-state index in [9.17, 15) is 40.2 Å². The van der Waals surface area contributed by atoms with E-state index in [-0.39, 0.29) is 11.5 Å². The summed E-state index contributed by atoms with van der Waals surface area (Å²) in [5.41, 5.74) is 0.0206. The molecular formula is C27H32O14. The number of carbonyl (C=O) groups is 1. The molecule has 2 aliphatic heterocycles. The Hall–Kier alpha value is -3.34. The van der Waals surface area contributed by atoms with Gasteiger partial charge in [0.2, 0.25) is 23.8 Å². The van der Waals surface area contributed by atoms with E-state index in [1.54, 1.807) is 12.1 Å². The minimum Gasteiger partial charge on any atom is -0.465 e. The molecule has 224 valence electrons. The van der Waals surface area contributed by atoms with Crippen molar-refractivity contribution in [2.24, 2.45) is 0 Å². The molecule has 14 nitrogen and oxygen atoms in total. The van der Waals surface area contributed by atoms with Gasteiger partial charge in [0.25, 0.3) is 0 Å².